The summed E-state index contributed by atoms with van der Waals surface area (Å²) < 4.78 is 1.37. The van der Waals surface area contributed by atoms with Crippen molar-refractivity contribution in [2.75, 3.05) is 0 Å². The average molecular weight is 578 g/mol. The molecule has 3 rings (SSSR count). The summed E-state index contributed by atoms with van der Waals surface area (Å²) in [6.07, 6.45) is 31.7. The number of H-pyrrole nitrogens is 1. The van der Waals surface area contributed by atoms with E-state index in [4.69, 9.17) is 0 Å². The van der Waals surface area contributed by atoms with Crippen LogP contribution >= 0.6 is 22.6 Å². The Morgan fingerprint density at radius 1 is 0.735 bits per heavy atom. The van der Waals surface area contributed by atoms with Gasteiger partial charge in [-0.3, -0.25) is 0 Å². The molecular formula is C32H52IN. The van der Waals surface area contributed by atoms with E-state index < -0.39 is 0 Å². The van der Waals surface area contributed by atoms with Crippen LogP contribution in [-0.4, -0.2) is 4.98 Å². The van der Waals surface area contributed by atoms with E-state index in [0.717, 1.165) is 5.92 Å². The van der Waals surface area contributed by atoms with Crippen molar-refractivity contribution in [1.29, 1.82) is 0 Å². The molecule has 1 aliphatic rings. The lowest BCUT2D eigenvalue weighted by molar-refractivity contribution is 0.403. The summed E-state index contributed by atoms with van der Waals surface area (Å²) in [5, 5.41) is 1.49. The van der Waals surface area contributed by atoms with E-state index in [2.05, 4.69) is 52.7 Å². The molecule has 1 N–H and O–H groups in total. The highest BCUT2D eigenvalue weighted by Gasteiger charge is 2.22. The van der Waals surface area contributed by atoms with Crippen molar-refractivity contribution >= 4 is 33.5 Å². The topological polar surface area (TPSA) is 15.8 Å². The summed E-state index contributed by atoms with van der Waals surface area (Å²) in [5.41, 5.74) is 4.53. The molecule has 0 radical (unpaired) electrons. The van der Waals surface area contributed by atoms with Crippen LogP contribution in [0.15, 0.2) is 18.2 Å². The van der Waals surface area contributed by atoms with Gasteiger partial charge in [0.1, 0.15) is 0 Å². The first-order valence-electron chi connectivity index (χ1n) is 15.1. The van der Waals surface area contributed by atoms with Crippen LogP contribution in [0.25, 0.3) is 10.9 Å². The lowest BCUT2D eigenvalue weighted by atomic mass is 9.83. The zero-order valence-electron chi connectivity index (χ0n) is 22.2. The lowest BCUT2D eigenvalue weighted by Crippen LogP contribution is -2.13. The molecule has 0 amide bonds. The lowest BCUT2D eigenvalue weighted by Gasteiger charge is -2.22. The van der Waals surface area contributed by atoms with Crippen LogP contribution < -0.4 is 0 Å². The Morgan fingerprint density at radius 3 is 1.82 bits per heavy atom. The molecule has 0 saturated heterocycles. The molecule has 1 aliphatic carbocycles. The number of benzene rings is 1. The molecule has 0 saturated carbocycles. The summed E-state index contributed by atoms with van der Waals surface area (Å²) >= 11 is 2.47. The van der Waals surface area contributed by atoms with Crippen LogP contribution in [0.4, 0.5) is 0 Å². The van der Waals surface area contributed by atoms with Crippen LogP contribution in [0, 0.1) is 9.49 Å². The number of hydrogen-bond acceptors (Lipinski definition) is 0. The van der Waals surface area contributed by atoms with E-state index in [1.54, 1.807) is 5.56 Å². The van der Waals surface area contributed by atoms with Crippen molar-refractivity contribution in [3.8, 4) is 0 Å². The SMILES string of the molecule is CCCCCCCCCCCCCCCCCCCCC1CCc2[nH]c3c(I)cccc3c2C1. The largest absolute Gasteiger partial charge is 0.357 e. The summed E-state index contributed by atoms with van der Waals surface area (Å²) in [7, 11) is 0. The van der Waals surface area contributed by atoms with Gasteiger partial charge in [-0.15, -0.1) is 0 Å². The van der Waals surface area contributed by atoms with Crippen molar-refractivity contribution in [2.24, 2.45) is 5.92 Å². The molecule has 34 heavy (non-hydrogen) atoms. The number of nitrogens with one attached hydrogen (secondary N) is 1. The molecular weight excluding hydrogens is 525 g/mol. The standard InChI is InChI=1S/C32H52IN/c1-2-3-4-5-6-7-8-9-10-11-12-13-14-15-16-17-18-19-21-27-24-25-31-29(26-27)28-22-20-23-30(33)32(28)34-31/h20,22-23,27,34H,2-19,21,24-26H2,1H3. The Balaban J connectivity index is 1.11. The molecule has 2 aromatic rings. The van der Waals surface area contributed by atoms with Gasteiger partial charge < -0.3 is 4.98 Å². The number of aromatic amines is 1. The third-order valence-corrected chi connectivity index (χ3v) is 9.14. The average Bonchev–Trinajstić information content (AvgIpc) is 3.23. The first kappa shape index (κ1) is 28.1. The maximum atomic E-state index is 3.72. The summed E-state index contributed by atoms with van der Waals surface area (Å²) in [6.45, 7) is 2.30. The smallest absolute Gasteiger partial charge is 0.0594 e. The third-order valence-electron chi connectivity index (χ3n) is 8.24. The Kier molecular flexibility index (Phi) is 14.1. The van der Waals surface area contributed by atoms with Gasteiger partial charge in [0.2, 0.25) is 0 Å². The van der Waals surface area contributed by atoms with E-state index >= 15 is 0 Å². The number of hydrogen-bond donors (Lipinski definition) is 1. The molecule has 1 unspecified atom stereocenters. The van der Waals surface area contributed by atoms with Crippen LogP contribution in [-0.2, 0) is 12.8 Å². The van der Waals surface area contributed by atoms with E-state index in [1.165, 1.54) is 161 Å². The van der Waals surface area contributed by atoms with Gasteiger partial charge in [-0.1, -0.05) is 141 Å². The first-order chi connectivity index (χ1) is 16.8. The van der Waals surface area contributed by atoms with Crippen LogP contribution in [0.5, 0.6) is 0 Å². The van der Waals surface area contributed by atoms with Crippen molar-refractivity contribution < 1.29 is 0 Å². The number of aromatic nitrogens is 1. The molecule has 2 heteroatoms. The Bertz CT molecular complexity index is 792. The minimum Gasteiger partial charge on any atom is -0.357 e. The molecule has 1 heterocycles. The van der Waals surface area contributed by atoms with Gasteiger partial charge in [0.25, 0.3) is 0 Å². The highest BCUT2D eigenvalue weighted by Crippen LogP contribution is 2.35. The Hall–Kier alpha value is -0.510. The van der Waals surface area contributed by atoms with E-state index in [1.807, 2.05) is 0 Å². The van der Waals surface area contributed by atoms with Crippen molar-refractivity contribution in [3.05, 3.63) is 33.0 Å². The van der Waals surface area contributed by atoms with Crippen LogP contribution in [0.2, 0.25) is 0 Å². The predicted molar refractivity (Wildman–Crippen MR) is 160 cm³/mol. The fourth-order valence-corrected chi connectivity index (χ4v) is 6.69. The van der Waals surface area contributed by atoms with Crippen molar-refractivity contribution in [2.45, 2.75) is 148 Å². The monoisotopic (exact) mass is 577 g/mol. The van der Waals surface area contributed by atoms with Gasteiger partial charge in [-0.25, -0.2) is 0 Å². The molecule has 0 spiro atoms. The van der Waals surface area contributed by atoms with E-state index in [-0.39, 0.29) is 0 Å². The molecule has 0 aliphatic heterocycles. The number of halogens is 1. The second-order valence-electron chi connectivity index (χ2n) is 11.2. The van der Waals surface area contributed by atoms with Gasteiger partial charge in [-0.05, 0) is 59.4 Å². The summed E-state index contributed by atoms with van der Waals surface area (Å²) in [4.78, 5) is 3.72. The highest BCUT2D eigenvalue weighted by atomic mass is 127. The fourth-order valence-electron chi connectivity index (χ4n) is 6.06. The molecule has 0 fully saturated rings. The molecule has 0 bridgehead atoms. The maximum Gasteiger partial charge on any atom is 0.0594 e. The quantitative estimate of drug-likeness (QED) is 0.126. The van der Waals surface area contributed by atoms with Crippen molar-refractivity contribution in [3.63, 3.8) is 0 Å². The third kappa shape index (κ3) is 9.86. The molecule has 1 nitrogen and oxygen atoms in total. The minimum atomic E-state index is 0.908. The van der Waals surface area contributed by atoms with Gasteiger partial charge in [0.15, 0.2) is 0 Å². The predicted octanol–water partition coefficient (Wildman–Crippen LogP) is 11.3. The molecule has 192 valence electrons. The Morgan fingerprint density at radius 2 is 1.26 bits per heavy atom. The number of aryl methyl sites for hydroxylation is 1. The Labute approximate surface area is 224 Å². The fraction of sp³-hybridized carbons (Fsp3) is 0.750. The zero-order valence-corrected chi connectivity index (χ0v) is 24.4. The second-order valence-corrected chi connectivity index (χ2v) is 12.3. The van der Waals surface area contributed by atoms with Crippen LogP contribution in [0.3, 0.4) is 0 Å². The number of para-hydroxylation sites is 1. The molecule has 1 atom stereocenters. The minimum absolute atomic E-state index is 0.908. The van der Waals surface area contributed by atoms with Gasteiger partial charge in [0.05, 0.1) is 5.52 Å². The first-order valence-corrected chi connectivity index (χ1v) is 16.2. The molecule has 1 aromatic carbocycles. The van der Waals surface area contributed by atoms with E-state index in [9.17, 15) is 0 Å². The maximum absolute atomic E-state index is 3.72. The zero-order chi connectivity index (χ0) is 23.8. The van der Waals surface area contributed by atoms with Crippen molar-refractivity contribution in [1.82, 2.24) is 4.98 Å². The van der Waals surface area contributed by atoms with Crippen LogP contribution in [0.1, 0.15) is 147 Å². The van der Waals surface area contributed by atoms with Gasteiger partial charge in [0, 0.05) is 14.7 Å². The van der Waals surface area contributed by atoms with Gasteiger partial charge >= 0.3 is 0 Å². The number of rotatable bonds is 19. The molecule has 1 aromatic heterocycles. The normalized spacial score (nSPS) is 15.8. The summed E-state index contributed by atoms with van der Waals surface area (Å²) in [6, 6.07) is 6.77. The highest BCUT2D eigenvalue weighted by molar-refractivity contribution is 14.1. The number of unbranched alkanes of at least 4 members (excludes halogenated alkanes) is 17. The van der Waals surface area contributed by atoms with E-state index in [0.29, 0.717) is 0 Å². The summed E-state index contributed by atoms with van der Waals surface area (Å²) in [5.74, 6) is 0.908. The second kappa shape index (κ2) is 17.0. The van der Waals surface area contributed by atoms with Gasteiger partial charge in [-0.2, -0.15) is 0 Å². The number of fused-ring (bicyclic) bond motifs is 3.